The first kappa shape index (κ1) is 18.5. The number of para-hydroxylation sites is 2. The molecule has 1 aliphatic heterocycles. The summed E-state index contributed by atoms with van der Waals surface area (Å²) in [6, 6.07) is 11.1. The van der Waals surface area contributed by atoms with Gasteiger partial charge in [0.2, 0.25) is 5.56 Å². The minimum atomic E-state index is -0.165. The zero-order chi connectivity index (χ0) is 19.7. The van der Waals surface area contributed by atoms with Gasteiger partial charge in [0, 0.05) is 31.3 Å². The molecule has 6 nitrogen and oxygen atoms in total. The van der Waals surface area contributed by atoms with Crippen LogP contribution in [0.1, 0.15) is 54.5 Å². The van der Waals surface area contributed by atoms with Crippen molar-refractivity contribution in [1.29, 1.82) is 0 Å². The van der Waals surface area contributed by atoms with Crippen molar-refractivity contribution in [2.45, 2.75) is 39.0 Å². The maximum Gasteiger partial charge on any atom is 0.255 e. The zero-order valence-corrected chi connectivity index (χ0v) is 16.4. The number of pyridine rings is 1. The Morgan fingerprint density at radius 1 is 1.21 bits per heavy atom. The number of fused-ring (bicyclic) bond motifs is 1. The molecule has 0 radical (unpaired) electrons. The zero-order valence-electron chi connectivity index (χ0n) is 16.4. The number of carbonyl (C=O) groups is 1. The van der Waals surface area contributed by atoms with Gasteiger partial charge in [-0.1, -0.05) is 26.0 Å². The molecular weight excluding hydrogens is 352 g/mol. The van der Waals surface area contributed by atoms with Crippen LogP contribution in [0.3, 0.4) is 0 Å². The van der Waals surface area contributed by atoms with Gasteiger partial charge in [-0.3, -0.25) is 9.59 Å². The van der Waals surface area contributed by atoms with E-state index in [1.165, 1.54) is 6.07 Å². The van der Waals surface area contributed by atoms with Crippen molar-refractivity contribution < 1.29 is 4.79 Å². The van der Waals surface area contributed by atoms with Crippen LogP contribution in [0.4, 0.5) is 0 Å². The lowest BCUT2D eigenvalue weighted by Crippen LogP contribution is -2.41. The number of aromatic amines is 2. The van der Waals surface area contributed by atoms with Crippen LogP contribution in [0.2, 0.25) is 0 Å². The molecule has 0 saturated carbocycles. The number of aromatic nitrogens is 3. The molecule has 146 valence electrons. The van der Waals surface area contributed by atoms with E-state index >= 15 is 0 Å². The fraction of sp³-hybridized carbons (Fsp3) is 0.409. The molecule has 3 aromatic rings. The molecule has 1 unspecified atom stereocenters. The fourth-order valence-corrected chi connectivity index (χ4v) is 4.09. The summed E-state index contributed by atoms with van der Waals surface area (Å²) in [5.41, 5.74) is 3.20. The highest BCUT2D eigenvalue weighted by Gasteiger charge is 2.27. The first-order valence-electron chi connectivity index (χ1n) is 9.97. The number of nitrogens with one attached hydrogen (secondary N) is 2. The van der Waals surface area contributed by atoms with Gasteiger partial charge in [0.1, 0.15) is 5.82 Å². The first-order valence-corrected chi connectivity index (χ1v) is 9.97. The molecule has 2 aromatic heterocycles. The molecule has 6 heteroatoms. The smallest absolute Gasteiger partial charge is 0.255 e. The topological polar surface area (TPSA) is 81.8 Å². The van der Waals surface area contributed by atoms with Crippen molar-refractivity contribution in [1.82, 2.24) is 19.9 Å². The van der Waals surface area contributed by atoms with Crippen LogP contribution >= 0.6 is 0 Å². The van der Waals surface area contributed by atoms with Crippen LogP contribution in [0.25, 0.3) is 11.0 Å². The molecule has 0 aliphatic carbocycles. The summed E-state index contributed by atoms with van der Waals surface area (Å²) in [6.07, 6.45) is 2.90. The summed E-state index contributed by atoms with van der Waals surface area (Å²) >= 11 is 0. The number of piperidine rings is 1. The van der Waals surface area contributed by atoms with Gasteiger partial charge >= 0.3 is 0 Å². The number of rotatable bonds is 4. The molecule has 28 heavy (non-hydrogen) atoms. The lowest BCUT2D eigenvalue weighted by molar-refractivity contribution is 0.0670. The molecular formula is C22H26N4O2. The third-order valence-corrected chi connectivity index (χ3v) is 5.48. The SMILES string of the molecule is CC(C)c1[nH]c(=O)ccc1C(=O)N1CCCC(Cc2nc3ccccc3[nH]2)C1. The van der Waals surface area contributed by atoms with E-state index < -0.39 is 0 Å². The Morgan fingerprint density at radius 2 is 2.04 bits per heavy atom. The van der Waals surface area contributed by atoms with Crippen molar-refractivity contribution in [2.75, 3.05) is 13.1 Å². The summed E-state index contributed by atoms with van der Waals surface area (Å²) in [5.74, 6) is 1.45. The molecule has 1 amide bonds. The predicted octanol–water partition coefficient (Wildman–Crippen LogP) is 3.47. The number of benzene rings is 1. The standard InChI is InChI=1S/C22H26N4O2/c1-14(2)21-16(9-10-20(27)25-21)22(28)26-11-5-6-15(13-26)12-19-23-17-7-3-4-8-18(17)24-19/h3-4,7-10,14-15H,5-6,11-13H2,1-2H3,(H,23,24)(H,25,27). The van der Waals surface area contributed by atoms with Crippen molar-refractivity contribution in [3.8, 4) is 0 Å². The molecule has 1 saturated heterocycles. The molecule has 4 rings (SSSR count). The largest absolute Gasteiger partial charge is 0.342 e. The van der Waals surface area contributed by atoms with E-state index in [1.54, 1.807) is 6.07 Å². The number of likely N-dealkylation sites (tertiary alicyclic amines) is 1. The second kappa shape index (κ2) is 7.62. The number of nitrogens with zero attached hydrogens (tertiary/aromatic N) is 2. The Hall–Kier alpha value is -2.89. The van der Waals surface area contributed by atoms with E-state index in [-0.39, 0.29) is 17.4 Å². The lowest BCUT2D eigenvalue weighted by atomic mass is 9.93. The molecule has 1 aliphatic rings. The van der Waals surface area contributed by atoms with E-state index in [1.807, 2.05) is 43.0 Å². The Kier molecular flexibility index (Phi) is 5.03. The molecule has 0 bridgehead atoms. The molecule has 2 N–H and O–H groups in total. The number of imidazole rings is 1. The van der Waals surface area contributed by atoms with Crippen LogP contribution in [-0.2, 0) is 6.42 Å². The van der Waals surface area contributed by atoms with Crippen LogP contribution in [0.15, 0.2) is 41.2 Å². The van der Waals surface area contributed by atoms with E-state index in [2.05, 4.69) is 15.0 Å². The van der Waals surface area contributed by atoms with E-state index in [4.69, 9.17) is 0 Å². The second-order valence-corrected chi connectivity index (χ2v) is 7.97. The van der Waals surface area contributed by atoms with Crippen molar-refractivity contribution in [3.05, 3.63) is 63.8 Å². The van der Waals surface area contributed by atoms with E-state index in [0.29, 0.717) is 18.0 Å². The van der Waals surface area contributed by atoms with Crippen LogP contribution < -0.4 is 5.56 Å². The van der Waals surface area contributed by atoms with E-state index in [9.17, 15) is 9.59 Å². The fourth-order valence-electron chi connectivity index (χ4n) is 4.09. The monoisotopic (exact) mass is 378 g/mol. The van der Waals surface area contributed by atoms with Gasteiger partial charge < -0.3 is 14.9 Å². The average molecular weight is 378 g/mol. The number of carbonyl (C=O) groups excluding carboxylic acids is 1. The van der Waals surface area contributed by atoms with Crippen molar-refractivity contribution in [2.24, 2.45) is 5.92 Å². The number of hydrogen-bond donors (Lipinski definition) is 2. The molecule has 1 fully saturated rings. The molecule has 1 atom stereocenters. The van der Waals surface area contributed by atoms with Crippen LogP contribution in [0.5, 0.6) is 0 Å². The number of H-pyrrole nitrogens is 2. The highest BCUT2D eigenvalue weighted by molar-refractivity contribution is 5.95. The second-order valence-electron chi connectivity index (χ2n) is 7.97. The average Bonchev–Trinajstić information content (AvgIpc) is 3.09. The van der Waals surface area contributed by atoms with Crippen LogP contribution in [-0.4, -0.2) is 38.8 Å². The Morgan fingerprint density at radius 3 is 2.82 bits per heavy atom. The normalized spacial score (nSPS) is 17.4. The maximum absolute atomic E-state index is 13.2. The third-order valence-electron chi connectivity index (χ3n) is 5.48. The van der Waals surface area contributed by atoms with Gasteiger partial charge in [0.05, 0.1) is 16.6 Å². The van der Waals surface area contributed by atoms with Gasteiger partial charge in [-0.2, -0.15) is 0 Å². The summed E-state index contributed by atoms with van der Waals surface area (Å²) in [6.45, 7) is 5.45. The highest BCUT2D eigenvalue weighted by atomic mass is 16.2. The quantitative estimate of drug-likeness (QED) is 0.729. The Balaban J connectivity index is 1.50. The first-order chi connectivity index (χ1) is 13.5. The minimum absolute atomic E-state index is 0.00857. The number of hydrogen-bond acceptors (Lipinski definition) is 3. The lowest BCUT2D eigenvalue weighted by Gasteiger charge is -2.33. The van der Waals surface area contributed by atoms with Gasteiger partial charge in [0.25, 0.3) is 5.91 Å². The maximum atomic E-state index is 13.2. The third kappa shape index (κ3) is 3.72. The van der Waals surface area contributed by atoms with Gasteiger partial charge in [-0.05, 0) is 42.9 Å². The van der Waals surface area contributed by atoms with Gasteiger partial charge in [0.15, 0.2) is 0 Å². The van der Waals surface area contributed by atoms with Gasteiger partial charge in [-0.15, -0.1) is 0 Å². The molecule has 1 aromatic carbocycles. The summed E-state index contributed by atoms with van der Waals surface area (Å²) in [7, 11) is 0. The number of amides is 1. The minimum Gasteiger partial charge on any atom is -0.342 e. The molecule has 3 heterocycles. The predicted molar refractivity (Wildman–Crippen MR) is 110 cm³/mol. The Bertz CT molecular complexity index is 1020. The summed E-state index contributed by atoms with van der Waals surface area (Å²) in [5, 5.41) is 0. The van der Waals surface area contributed by atoms with Gasteiger partial charge in [-0.25, -0.2) is 4.98 Å². The molecule has 0 spiro atoms. The summed E-state index contributed by atoms with van der Waals surface area (Å²) < 4.78 is 0. The highest BCUT2D eigenvalue weighted by Crippen LogP contribution is 2.24. The van der Waals surface area contributed by atoms with Crippen molar-refractivity contribution >= 4 is 16.9 Å². The Labute approximate surface area is 164 Å². The summed E-state index contributed by atoms with van der Waals surface area (Å²) in [4.78, 5) is 37.7. The van der Waals surface area contributed by atoms with E-state index in [0.717, 1.165) is 48.4 Å². The van der Waals surface area contributed by atoms with Crippen molar-refractivity contribution in [3.63, 3.8) is 0 Å². The van der Waals surface area contributed by atoms with Crippen LogP contribution in [0, 0.1) is 5.92 Å².